The average molecular weight is 387 g/mol. The zero-order chi connectivity index (χ0) is 19.4. The van der Waals surface area contributed by atoms with Crippen molar-refractivity contribution in [3.63, 3.8) is 0 Å². The van der Waals surface area contributed by atoms with Crippen LogP contribution in [0.5, 0.6) is 0 Å². The van der Waals surface area contributed by atoms with E-state index >= 15 is 0 Å². The quantitative estimate of drug-likeness (QED) is 0.858. The molecule has 1 N–H and O–H groups in total. The smallest absolute Gasteiger partial charge is 0.253 e. The fourth-order valence-corrected chi connectivity index (χ4v) is 3.59. The molecule has 2 aromatic rings. The Morgan fingerprint density at radius 3 is 2.37 bits per heavy atom. The minimum Gasteiger partial charge on any atom is -0.336 e. The molecule has 1 saturated heterocycles. The van der Waals surface area contributed by atoms with E-state index in [1.807, 2.05) is 25.7 Å². The van der Waals surface area contributed by atoms with Crippen LogP contribution in [-0.2, 0) is 11.3 Å². The number of benzene rings is 1. The zero-order valence-electron chi connectivity index (χ0n) is 16.1. The molecule has 2 heterocycles. The number of anilines is 1. The van der Waals surface area contributed by atoms with Crippen molar-refractivity contribution in [2.45, 2.75) is 27.3 Å². The van der Waals surface area contributed by atoms with Gasteiger partial charge in [0.15, 0.2) is 0 Å². The van der Waals surface area contributed by atoms with Crippen LogP contribution in [0.2, 0.25) is 0 Å². The first-order chi connectivity index (χ1) is 12.9. The summed E-state index contributed by atoms with van der Waals surface area (Å²) in [6.45, 7) is 9.70. The van der Waals surface area contributed by atoms with E-state index in [9.17, 15) is 9.59 Å². The summed E-state index contributed by atoms with van der Waals surface area (Å²) in [5.41, 5.74) is 2.48. The lowest BCUT2D eigenvalue weighted by Gasteiger charge is -2.34. The number of thiazole rings is 1. The Labute approximate surface area is 164 Å². The molecule has 3 rings (SSSR count). The van der Waals surface area contributed by atoms with E-state index in [0.717, 1.165) is 30.3 Å². The number of hydrogen-bond donors (Lipinski definition) is 1. The van der Waals surface area contributed by atoms with Crippen molar-refractivity contribution in [3.8, 4) is 0 Å². The summed E-state index contributed by atoms with van der Waals surface area (Å²) in [6, 6.07) is 7.13. The Hall–Kier alpha value is -2.25. The van der Waals surface area contributed by atoms with Crippen molar-refractivity contribution in [3.05, 3.63) is 45.9 Å². The third-order valence-electron chi connectivity index (χ3n) is 4.64. The van der Waals surface area contributed by atoms with E-state index in [-0.39, 0.29) is 17.7 Å². The van der Waals surface area contributed by atoms with E-state index in [4.69, 9.17) is 0 Å². The van der Waals surface area contributed by atoms with Gasteiger partial charge < -0.3 is 10.2 Å². The van der Waals surface area contributed by atoms with Gasteiger partial charge in [0.25, 0.3) is 5.91 Å². The monoisotopic (exact) mass is 386 g/mol. The van der Waals surface area contributed by atoms with Gasteiger partial charge in [-0.05, 0) is 31.2 Å². The van der Waals surface area contributed by atoms with Crippen LogP contribution in [0.1, 0.15) is 34.9 Å². The molecule has 1 aliphatic heterocycles. The Morgan fingerprint density at radius 1 is 1.15 bits per heavy atom. The van der Waals surface area contributed by atoms with Crippen LogP contribution in [0, 0.1) is 12.8 Å². The molecule has 0 saturated carbocycles. The van der Waals surface area contributed by atoms with Crippen LogP contribution in [0.4, 0.5) is 5.69 Å². The molecular weight excluding hydrogens is 360 g/mol. The summed E-state index contributed by atoms with van der Waals surface area (Å²) in [5.74, 6) is -0.0582. The summed E-state index contributed by atoms with van der Waals surface area (Å²) in [6.07, 6.45) is 0. The van der Waals surface area contributed by atoms with Gasteiger partial charge >= 0.3 is 0 Å². The normalized spacial score (nSPS) is 15.2. The first-order valence-electron chi connectivity index (χ1n) is 9.26. The zero-order valence-corrected chi connectivity index (χ0v) is 16.9. The number of amides is 2. The van der Waals surface area contributed by atoms with Gasteiger partial charge in [-0.2, -0.15) is 0 Å². The largest absolute Gasteiger partial charge is 0.336 e. The summed E-state index contributed by atoms with van der Waals surface area (Å²) in [7, 11) is 0. The third kappa shape index (κ3) is 5.14. The van der Waals surface area contributed by atoms with Crippen LogP contribution in [0.25, 0.3) is 0 Å². The molecule has 0 aliphatic carbocycles. The fraction of sp³-hybridized carbons (Fsp3) is 0.450. The number of aryl methyl sites for hydroxylation is 1. The van der Waals surface area contributed by atoms with E-state index < -0.39 is 0 Å². The predicted molar refractivity (Wildman–Crippen MR) is 108 cm³/mol. The van der Waals surface area contributed by atoms with Crippen LogP contribution in [0.3, 0.4) is 0 Å². The van der Waals surface area contributed by atoms with Gasteiger partial charge in [0, 0.05) is 55.3 Å². The number of aromatic nitrogens is 1. The topological polar surface area (TPSA) is 65.5 Å². The minimum atomic E-state index is -0.0733. The molecule has 1 fully saturated rings. The second-order valence-electron chi connectivity index (χ2n) is 7.15. The Balaban J connectivity index is 1.52. The highest BCUT2D eigenvalue weighted by molar-refractivity contribution is 7.09. The highest BCUT2D eigenvalue weighted by atomic mass is 32.1. The molecule has 0 radical (unpaired) electrons. The van der Waals surface area contributed by atoms with Crippen molar-refractivity contribution in [1.29, 1.82) is 0 Å². The third-order valence-corrected chi connectivity index (χ3v) is 5.46. The van der Waals surface area contributed by atoms with Crippen molar-refractivity contribution in [2.24, 2.45) is 5.92 Å². The number of hydrogen-bond acceptors (Lipinski definition) is 5. The first-order valence-corrected chi connectivity index (χ1v) is 10.1. The molecule has 0 unspecified atom stereocenters. The maximum atomic E-state index is 12.7. The summed E-state index contributed by atoms with van der Waals surface area (Å²) >= 11 is 1.67. The fourth-order valence-electron chi connectivity index (χ4n) is 2.98. The van der Waals surface area contributed by atoms with Crippen molar-refractivity contribution in [1.82, 2.24) is 14.8 Å². The number of nitrogens with zero attached hydrogens (tertiary/aromatic N) is 3. The molecule has 1 aromatic carbocycles. The second kappa shape index (κ2) is 8.63. The highest BCUT2D eigenvalue weighted by Crippen LogP contribution is 2.16. The molecule has 0 atom stereocenters. The van der Waals surface area contributed by atoms with Crippen LogP contribution < -0.4 is 5.32 Å². The maximum absolute atomic E-state index is 12.7. The summed E-state index contributed by atoms with van der Waals surface area (Å²) < 4.78 is 0. The number of nitrogens with one attached hydrogen (secondary N) is 1. The predicted octanol–water partition coefficient (Wildman–Crippen LogP) is 3.00. The molecule has 0 spiro atoms. The second-order valence-corrected chi connectivity index (χ2v) is 8.21. The van der Waals surface area contributed by atoms with Gasteiger partial charge in [0.05, 0.1) is 10.7 Å². The molecule has 2 amide bonds. The lowest BCUT2D eigenvalue weighted by atomic mass is 10.1. The number of piperazine rings is 1. The summed E-state index contributed by atoms with van der Waals surface area (Å²) in [5, 5.41) is 6.04. The van der Waals surface area contributed by atoms with Crippen LogP contribution in [-0.4, -0.2) is 52.8 Å². The van der Waals surface area contributed by atoms with Gasteiger partial charge in [0.1, 0.15) is 0 Å². The maximum Gasteiger partial charge on any atom is 0.253 e. The molecular formula is C20H26N4O2S. The Morgan fingerprint density at radius 2 is 1.81 bits per heavy atom. The molecule has 1 aliphatic rings. The minimum absolute atomic E-state index is 0.0273. The van der Waals surface area contributed by atoms with Crippen molar-refractivity contribution >= 4 is 28.8 Å². The van der Waals surface area contributed by atoms with E-state index in [0.29, 0.717) is 24.3 Å². The van der Waals surface area contributed by atoms with Crippen LogP contribution in [0.15, 0.2) is 29.6 Å². The molecule has 6 nitrogen and oxygen atoms in total. The molecule has 27 heavy (non-hydrogen) atoms. The average Bonchev–Trinajstić information content (AvgIpc) is 3.07. The standard InChI is InChI=1S/C20H26N4O2S/c1-14(2)19(25)22-17-6-4-16(5-7-17)20(26)24-10-8-23(9-11-24)12-18-13-27-15(3)21-18/h4-7,13-14H,8-12H2,1-3H3,(H,22,25). The lowest BCUT2D eigenvalue weighted by Crippen LogP contribution is -2.48. The Kier molecular flexibility index (Phi) is 6.23. The van der Waals surface area contributed by atoms with Crippen LogP contribution >= 0.6 is 11.3 Å². The van der Waals surface area contributed by atoms with Crippen molar-refractivity contribution < 1.29 is 9.59 Å². The van der Waals surface area contributed by atoms with Gasteiger partial charge in [-0.3, -0.25) is 14.5 Å². The Bertz CT molecular complexity index is 793. The van der Waals surface area contributed by atoms with Gasteiger partial charge in [0.2, 0.25) is 5.91 Å². The molecule has 0 bridgehead atoms. The van der Waals surface area contributed by atoms with Crippen molar-refractivity contribution in [2.75, 3.05) is 31.5 Å². The number of rotatable bonds is 5. The SMILES string of the molecule is Cc1nc(CN2CCN(C(=O)c3ccc(NC(=O)C(C)C)cc3)CC2)cs1. The van der Waals surface area contributed by atoms with E-state index in [2.05, 4.69) is 20.6 Å². The van der Waals surface area contributed by atoms with Gasteiger partial charge in [-0.15, -0.1) is 11.3 Å². The highest BCUT2D eigenvalue weighted by Gasteiger charge is 2.22. The van der Waals surface area contributed by atoms with E-state index in [1.54, 1.807) is 35.6 Å². The first kappa shape index (κ1) is 19.5. The molecule has 1 aromatic heterocycles. The lowest BCUT2D eigenvalue weighted by molar-refractivity contribution is -0.118. The molecule has 7 heteroatoms. The van der Waals surface area contributed by atoms with Gasteiger partial charge in [-0.25, -0.2) is 4.98 Å². The van der Waals surface area contributed by atoms with Gasteiger partial charge in [-0.1, -0.05) is 13.8 Å². The number of carbonyl (C=O) groups excluding carboxylic acids is 2. The van der Waals surface area contributed by atoms with E-state index in [1.165, 1.54) is 0 Å². The summed E-state index contributed by atoms with van der Waals surface area (Å²) in [4.78, 5) is 33.2. The number of carbonyl (C=O) groups is 2. The molecule has 144 valence electrons.